The maximum Gasteiger partial charge on any atom is 0.376 e. The minimum Gasteiger partial charge on any atom is -0.463 e. The van der Waals surface area contributed by atoms with Crippen molar-refractivity contribution in [2.45, 2.75) is 19.8 Å². The first-order chi connectivity index (χ1) is 9.13. The van der Waals surface area contributed by atoms with Crippen molar-refractivity contribution >= 4 is 11.8 Å². The van der Waals surface area contributed by atoms with Gasteiger partial charge < -0.3 is 14.7 Å². The molecule has 0 aromatic carbocycles. The summed E-state index contributed by atoms with van der Waals surface area (Å²) in [7, 11) is 1.32. The molecule has 0 amide bonds. The third-order valence-electron chi connectivity index (χ3n) is 3.41. The predicted octanol–water partition coefficient (Wildman–Crippen LogP) is 0.780. The number of carbonyl (C=O) groups is 1. The number of anilines is 1. The molecule has 1 N–H and O–H groups in total. The van der Waals surface area contributed by atoms with Crippen LogP contribution in [-0.4, -0.2) is 47.8 Å². The predicted molar refractivity (Wildman–Crippen MR) is 70.1 cm³/mol. The Morgan fingerprint density at radius 2 is 2.16 bits per heavy atom. The van der Waals surface area contributed by atoms with E-state index in [-0.39, 0.29) is 12.4 Å². The first kappa shape index (κ1) is 13.7. The van der Waals surface area contributed by atoms with E-state index in [4.69, 9.17) is 5.11 Å². The van der Waals surface area contributed by atoms with Crippen molar-refractivity contribution in [3.63, 3.8) is 0 Å². The highest BCUT2D eigenvalue weighted by molar-refractivity contribution is 5.85. The molecule has 0 spiro atoms. The molecule has 0 unspecified atom stereocenters. The number of esters is 1. The standard InChI is InChI=1S/C13H19N3O3/c1-9-7-11(15-12(14-9)13(18)19-2)16-5-3-10(8-17)4-6-16/h7,10,17H,3-6,8H2,1-2H3. The number of nitrogens with zero attached hydrogens (tertiary/aromatic N) is 3. The molecule has 1 fully saturated rings. The van der Waals surface area contributed by atoms with Crippen molar-refractivity contribution in [1.29, 1.82) is 0 Å². The maximum absolute atomic E-state index is 11.5. The summed E-state index contributed by atoms with van der Waals surface area (Å²) in [6, 6.07) is 1.87. The van der Waals surface area contributed by atoms with Crippen LogP contribution in [0.2, 0.25) is 0 Å². The Hall–Kier alpha value is -1.69. The molecule has 1 aliphatic heterocycles. The van der Waals surface area contributed by atoms with E-state index in [2.05, 4.69) is 19.6 Å². The largest absolute Gasteiger partial charge is 0.463 e. The number of aliphatic hydroxyl groups excluding tert-OH is 1. The number of rotatable bonds is 3. The van der Waals surface area contributed by atoms with Gasteiger partial charge in [0.25, 0.3) is 0 Å². The van der Waals surface area contributed by atoms with Crippen LogP contribution in [0.3, 0.4) is 0 Å². The molecule has 0 aliphatic carbocycles. The van der Waals surface area contributed by atoms with Crippen LogP contribution in [0.15, 0.2) is 6.07 Å². The average molecular weight is 265 g/mol. The number of ether oxygens (including phenoxy) is 1. The molecule has 0 radical (unpaired) electrons. The summed E-state index contributed by atoms with van der Waals surface area (Å²) in [5, 5.41) is 9.14. The van der Waals surface area contributed by atoms with Gasteiger partial charge in [0.2, 0.25) is 5.82 Å². The zero-order valence-corrected chi connectivity index (χ0v) is 11.3. The normalized spacial score (nSPS) is 16.5. The zero-order chi connectivity index (χ0) is 13.8. The molecule has 0 bridgehead atoms. The van der Waals surface area contributed by atoms with Crippen molar-refractivity contribution in [3.05, 3.63) is 17.6 Å². The minimum atomic E-state index is -0.518. The highest BCUT2D eigenvalue weighted by atomic mass is 16.5. The molecule has 1 aromatic heterocycles. The summed E-state index contributed by atoms with van der Waals surface area (Å²) in [6.07, 6.45) is 1.88. The Balaban J connectivity index is 2.16. The lowest BCUT2D eigenvalue weighted by Crippen LogP contribution is -2.35. The van der Waals surface area contributed by atoms with Crippen LogP contribution in [0.4, 0.5) is 5.82 Å². The summed E-state index contributed by atoms with van der Waals surface area (Å²) in [4.78, 5) is 22.0. The fraction of sp³-hybridized carbons (Fsp3) is 0.615. The smallest absolute Gasteiger partial charge is 0.376 e. The molecular weight excluding hydrogens is 246 g/mol. The lowest BCUT2D eigenvalue weighted by atomic mass is 9.98. The SMILES string of the molecule is COC(=O)c1nc(C)cc(N2CCC(CO)CC2)n1. The molecule has 6 nitrogen and oxygen atoms in total. The number of hydrogen-bond acceptors (Lipinski definition) is 6. The third-order valence-corrected chi connectivity index (χ3v) is 3.41. The van der Waals surface area contributed by atoms with Crippen molar-refractivity contribution in [3.8, 4) is 0 Å². The molecule has 0 saturated carbocycles. The van der Waals surface area contributed by atoms with E-state index in [1.165, 1.54) is 7.11 Å². The first-order valence-electron chi connectivity index (χ1n) is 6.44. The highest BCUT2D eigenvalue weighted by Gasteiger charge is 2.21. The second-order valence-electron chi connectivity index (χ2n) is 4.80. The van der Waals surface area contributed by atoms with E-state index in [1.807, 2.05) is 13.0 Å². The fourth-order valence-corrected chi connectivity index (χ4v) is 2.24. The number of aliphatic hydroxyl groups is 1. The Bertz CT molecular complexity index is 456. The van der Waals surface area contributed by atoms with Crippen LogP contribution in [-0.2, 0) is 4.74 Å². The minimum absolute atomic E-state index is 0.0989. The highest BCUT2D eigenvalue weighted by Crippen LogP contribution is 2.22. The number of piperidine rings is 1. The van der Waals surface area contributed by atoms with Crippen LogP contribution < -0.4 is 4.90 Å². The summed E-state index contributed by atoms with van der Waals surface area (Å²) >= 11 is 0. The molecule has 19 heavy (non-hydrogen) atoms. The molecule has 6 heteroatoms. The van der Waals surface area contributed by atoms with Gasteiger partial charge in [-0.2, -0.15) is 0 Å². The van der Waals surface area contributed by atoms with Crippen LogP contribution in [0, 0.1) is 12.8 Å². The topological polar surface area (TPSA) is 75.5 Å². The quantitative estimate of drug-likeness (QED) is 0.814. The lowest BCUT2D eigenvalue weighted by Gasteiger charge is -2.32. The van der Waals surface area contributed by atoms with Crippen LogP contribution in [0.5, 0.6) is 0 Å². The molecule has 1 aromatic rings. The number of aromatic nitrogens is 2. The summed E-state index contributed by atoms with van der Waals surface area (Å²) in [5.74, 6) is 0.709. The maximum atomic E-state index is 11.5. The molecule has 1 saturated heterocycles. The van der Waals surface area contributed by atoms with Crippen LogP contribution in [0.25, 0.3) is 0 Å². The number of aryl methyl sites for hydroxylation is 1. The Morgan fingerprint density at radius 1 is 1.47 bits per heavy atom. The van der Waals surface area contributed by atoms with Gasteiger partial charge in [-0.15, -0.1) is 0 Å². The second kappa shape index (κ2) is 5.97. The van der Waals surface area contributed by atoms with Gasteiger partial charge >= 0.3 is 5.97 Å². The molecule has 1 aliphatic rings. The fourth-order valence-electron chi connectivity index (χ4n) is 2.24. The van der Waals surface area contributed by atoms with Crippen molar-refractivity contribution in [1.82, 2.24) is 9.97 Å². The molecule has 2 heterocycles. The molecular formula is C13H19N3O3. The zero-order valence-electron chi connectivity index (χ0n) is 11.3. The van der Waals surface area contributed by atoms with Gasteiger partial charge in [0, 0.05) is 31.5 Å². The van der Waals surface area contributed by atoms with Gasteiger partial charge in [0.15, 0.2) is 0 Å². The van der Waals surface area contributed by atoms with Gasteiger partial charge in [-0.3, -0.25) is 0 Å². The molecule has 2 rings (SSSR count). The van der Waals surface area contributed by atoms with Crippen LogP contribution in [0.1, 0.15) is 29.2 Å². The van der Waals surface area contributed by atoms with Crippen LogP contribution >= 0.6 is 0 Å². The second-order valence-corrected chi connectivity index (χ2v) is 4.80. The van der Waals surface area contributed by atoms with E-state index in [1.54, 1.807) is 0 Å². The summed E-state index contributed by atoms with van der Waals surface area (Å²) in [5.41, 5.74) is 0.745. The monoisotopic (exact) mass is 265 g/mol. The van der Waals surface area contributed by atoms with Gasteiger partial charge in [-0.25, -0.2) is 14.8 Å². The van der Waals surface area contributed by atoms with Gasteiger partial charge in [-0.1, -0.05) is 0 Å². The Labute approximate surface area is 112 Å². The van der Waals surface area contributed by atoms with Gasteiger partial charge in [0.05, 0.1) is 7.11 Å². The first-order valence-corrected chi connectivity index (χ1v) is 6.44. The van der Waals surface area contributed by atoms with E-state index in [0.29, 0.717) is 5.92 Å². The summed E-state index contributed by atoms with van der Waals surface area (Å²) < 4.78 is 4.65. The van der Waals surface area contributed by atoms with E-state index < -0.39 is 5.97 Å². The van der Waals surface area contributed by atoms with Crippen molar-refractivity contribution in [2.75, 3.05) is 31.7 Å². The van der Waals surface area contributed by atoms with E-state index in [0.717, 1.165) is 37.4 Å². The average Bonchev–Trinajstić information content (AvgIpc) is 2.45. The van der Waals surface area contributed by atoms with E-state index >= 15 is 0 Å². The number of carbonyl (C=O) groups excluding carboxylic acids is 1. The van der Waals surface area contributed by atoms with Gasteiger partial charge in [0.1, 0.15) is 5.82 Å². The molecule has 104 valence electrons. The Morgan fingerprint density at radius 3 is 2.74 bits per heavy atom. The summed E-state index contributed by atoms with van der Waals surface area (Å²) in [6.45, 7) is 3.74. The van der Waals surface area contributed by atoms with Crippen molar-refractivity contribution < 1.29 is 14.6 Å². The number of methoxy groups -OCH3 is 1. The Kier molecular flexibility index (Phi) is 4.31. The molecule has 0 atom stereocenters. The third kappa shape index (κ3) is 3.20. The van der Waals surface area contributed by atoms with Gasteiger partial charge in [-0.05, 0) is 25.7 Å². The van der Waals surface area contributed by atoms with E-state index in [9.17, 15) is 4.79 Å². The number of hydrogen-bond donors (Lipinski definition) is 1. The van der Waals surface area contributed by atoms with Crippen molar-refractivity contribution in [2.24, 2.45) is 5.92 Å². The lowest BCUT2D eigenvalue weighted by molar-refractivity contribution is 0.0586.